The number of ether oxygens (including phenoxy) is 2. The summed E-state index contributed by atoms with van der Waals surface area (Å²) in [5.41, 5.74) is 1.01. The van der Waals surface area contributed by atoms with Gasteiger partial charge in [0.05, 0.1) is 31.6 Å². The Kier molecular flexibility index (Phi) is 5.32. The lowest BCUT2D eigenvalue weighted by atomic mass is 9.61. The highest BCUT2D eigenvalue weighted by Crippen LogP contribution is 2.49. The molecule has 1 aliphatic carbocycles. The van der Waals surface area contributed by atoms with Crippen LogP contribution in [0.3, 0.4) is 0 Å². The summed E-state index contributed by atoms with van der Waals surface area (Å²) in [6, 6.07) is 0.534. The summed E-state index contributed by atoms with van der Waals surface area (Å²) < 4.78 is 11.2. The third-order valence-electron chi connectivity index (χ3n) is 7.23. The molecule has 0 radical (unpaired) electrons. The van der Waals surface area contributed by atoms with Crippen LogP contribution in [0.5, 0.6) is 0 Å². The number of nitrogens with one attached hydrogen (secondary N) is 1. The van der Waals surface area contributed by atoms with Gasteiger partial charge in [0.25, 0.3) is 0 Å². The smallest absolute Gasteiger partial charge is 0.314 e. The molecule has 5 rings (SSSR count). The van der Waals surface area contributed by atoms with Gasteiger partial charge < -0.3 is 19.4 Å². The molecule has 0 unspecified atom stereocenters. The number of morpholine rings is 1. The standard InChI is InChI=1S/C21H30N6O3/c1-2-30-20(28)21-5-3-16(26-7-9-29-10-8-26)11-15(21)4-6-27(12-21)19-17-18(23-13-22-17)24-14-25-19/h13-16H,2-12H2,1H3,(H,22,23,24,25)/t15-,16-,21-/m1/s1. The molecule has 4 heterocycles. The third-order valence-corrected chi connectivity index (χ3v) is 7.23. The number of rotatable bonds is 4. The van der Waals surface area contributed by atoms with Gasteiger partial charge in [0.2, 0.25) is 0 Å². The van der Waals surface area contributed by atoms with E-state index in [-0.39, 0.29) is 5.97 Å². The van der Waals surface area contributed by atoms with Crippen molar-refractivity contribution in [2.45, 2.75) is 38.6 Å². The van der Waals surface area contributed by atoms with Crippen molar-refractivity contribution in [3.8, 4) is 0 Å². The number of imidazole rings is 1. The Morgan fingerprint density at radius 3 is 2.97 bits per heavy atom. The van der Waals surface area contributed by atoms with Gasteiger partial charge in [-0.1, -0.05) is 0 Å². The van der Waals surface area contributed by atoms with E-state index in [9.17, 15) is 4.79 Å². The minimum Gasteiger partial charge on any atom is -0.466 e. The minimum absolute atomic E-state index is 0.0463. The fourth-order valence-electron chi connectivity index (χ4n) is 5.69. The topological polar surface area (TPSA) is 96.5 Å². The number of anilines is 1. The van der Waals surface area contributed by atoms with Crippen LogP contribution >= 0.6 is 0 Å². The molecule has 2 saturated heterocycles. The van der Waals surface area contributed by atoms with E-state index >= 15 is 0 Å². The second-order valence-electron chi connectivity index (χ2n) is 8.66. The number of H-pyrrole nitrogens is 1. The second-order valence-corrected chi connectivity index (χ2v) is 8.66. The zero-order valence-electron chi connectivity index (χ0n) is 17.5. The SMILES string of the molecule is CCOC(=O)[C@@]12CC[C@@H](N3CCOCC3)C[C@H]1CCN(c1ncnc3nc[nH]c13)C2. The zero-order valence-corrected chi connectivity index (χ0v) is 17.5. The first-order chi connectivity index (χ1) is 14.7. The zero-order chi connectivity index (χ0) is 20.6. The highest BCUT2D eigenvalue weighted by atomic mass is 16.5. The lowest BCUT2D eigenvalue weighted by molar-refractivity contribution is -0.164. The van der Waals surface area contributed by atoms with Crippen molar-refractivity contribution < 1.29 is 14.3 Å². The fourth-order valence-corrected chi connectivity index (χ4v) is 5.69. The lowest BCUT2D eigenvalue weighted by Crippen LogP contribution is -2.59. The highest BCUT2D eigenvalue weighted by Gasteiger charge is 2.54. The van der Waals surface area contributed by atoms with Gasteiger partial charge in [0.15, 0.2) is 11.5 Å². The van der Waals surface area contributed by atoms with Crippen LogP contribution in [-0.4, -0.2) is 82.8 Å². The third kappa shape index (κ3) is 3.33. The van der Waals surface area contributed by atoms with Crippen LogP contribution in [0.15, 0.2) is 12.7 Å². The minimum atomic E-state index is -0.478. The van der Waals surface area contributed by atoms with Crippen LogP contribution in [-0.2, 0) is 14.3 Å². The predicted octanol–water partition coefficient (Wildman–Crippen LogP) is 1.61. The summed E-state index contributed by atoms with van der Waals surface area (Å²) in [6.45, 7) is 7.42. The van der Waals surface area contributed by atoms with Crippen molar-refractivity contribution in [3.63, 3.8) is 0 Å². The number of carbonyl (C=O) groups excluding carboxylic acids is 1. The maximum atomic E-state index is 13.3. The first-order valence-corrected chi connectivity index (χ1v) is 11.1. The first-order valence-electron chi connectivity index (χ1n) is 11.1. The Hall–Kier alpha value is -2.26. The number of nitrogens with zero attached hydrogens (tertiary/aromatic N) is 5. The number of hydrogen-bond acceptors (Lipinski definition) is 8. The average molecular weight is 415 g/mol. The van der Waals surface area contributed by atoms with Crippen molar-refractivity contribution in [2.75, 3.05) is 50.9 Å². The molecular formula is C21H30N6O3. The molecule has 30 heavy (non-hydrogen) atoms. The Bertz CT molecular complexity index is 898. The summed E-state index contributed by atoms with van der Waals surface area (Å²) in [5.74, 6) is 1.11. The number of carbonyl (C=O) groups is 1. The molecule has 3 aliphatic rings. The highest BCUT2D eigenvalue weighted by molar-refractivity contribution is 5.84. The normalized spacial score (nSPS) is 30.2. The Morgan fingerprint density at radius 1 is 1.27 bits per heavy atom. The summed E-state index contributed by atoms with van der Waals surface area (Å²) >= 11 is 0. The van der Waals surface area contributed by atoms with Gasteiger partial charge in [0, 0.05) is 32.2 Å². The Labute approximate surface area is 176 Å². The van der Waals surface area contributed by atoms with Crippen LogP contribution in [0.4, 0.5) is 5.82 Å². The van der Waals surface area contributed by atoms with Gasteiger partial charge in [-0.15, -0.1) is 0 Å². The van der Waals surface area contributed by atoms with Crippen molar-refractivity contribution in [1.29, 1.82) is 0 Å². The van der Waals surface area contributed by atoms with Crippen molar-refractivity contribution >= 4 is 23.0 Å². The molecule has 9 heteroatoms. The summed E-state index contributed by atoms with van der Waals surface area (Å²) in [5, 5.41) is 0. The molecule has 2 aliphatic heterocycles. The van der Waals surface area contributed by atoms with Gasteiger partial charge in [-0.2, -0.15) is 0 Å². The van der Waals surface area contributed by atoms with E-state index in [1.165, 1.54) is 0 Å². The molecule has 1 saturated carbocycles. The Morgan fingerprint density at radius 2 is 2.13 bits per heavy atom. The molecule has 9 nitrogen and oxygen atoms in total. The molecule has 0 spiro atoms. The van der Waals surface area contributed by atoms with Crippen molar-refractivity contribution in [2.24, 2.45) is 11.3 Å². The maximum Gasteiger partial charge on any atom is 0.314 e. The number of aromatic amines is 1. The van der Waals surface area contributed by atoms with E-state index in [0.717, 1.165) is 69.9 Å². The molecule has 0 bridgehead atoms. The second kappa shape index (κ2) is 8.11. The van der Waals surface area contributed by atoms with E-state index in [0.29, 0.717) is 30.8 Å². The van der Waals surface area contributed by atoms with Crippen LogP contribution < -0.4 is 4.90 Å². The number of hydrogen-bond donors (Lipinski definition) is 1. The first kappa shape index (κ1) is 19.7. The lowest BCUT2D eigenvalue weighted by Gasteiger charge is -2.52. The van der Waals surface area contributed by atoms with Gasteiger partial charge in [-0.25, -0.2) is 15.0 Å². The number of piperidine rings is 1. The van der Waals surface area contributed by atoms with E-state index in [1.54, 1.807) is 12.7 Å². The fraction of sp³-hybridized carbons (Fsp3) is 0.714. The van der Waals surface area contributed by atoms with Crippen molar-refractivity contribution in [3.05, 3.63) is 12.7 Å². The van der Waals surface area contributed by atoms with Crippen LogP contribution in [0, 0.1) is 11.3 Å². The molecule has 0 amide bonds. The van der Waals surface area contributed by atoms with Gasteiger partial charge in [0.1, 0.15) is 11.8 Å². The van der Waals surface area contributed by atoms with Crippen molar-refractivity contribution in [1.82, 2.24) is 24.8 Å². The predicted molar refractivity (Wildman–Crippen MR) is 111 cm³/mol. The molecule has 1 N–H and O–H groups in total. The Balaban J connectivity index is 1.41. The van der Waals surface area contributed by atoms with Gasteiger partial charge >= 0.3 is 5.97 Å². The molecule has 0 aromatic carbocycles. The molecular weight excluding hydrogens is 384 g/mol. The molecule has 162 valence electrons. The van der Waals surface area contributed by atoms with E-state index in [1.807, 2.05) is 6.92 Å². The monoisotopic (exact) mass is 414 g/mol. The number of esters is 1. The van der Waals surface area contributed by atoms with Gasteiger partial charge in [-0.05, 0) is 38.5 Å². The number of fused-ring (bicyclic) bond motifs is 2. The van der Waals surface area contributed by atoms with E-state index in [2.05, 4.69) is 29.7 Å². The summed E-state index contributed by atoms with van der Waals surface area (Å²) in [6.07, 6.45) is 7.08. The average Bonchev–Trinajstić information content (AvgIpc) is 3.28. The summed E-state index contributed by atoms with van der Waals surface area (Å²) in [4.78, 5) is 34.3. The summed E-state index contributed by atoms with van der Waals surface area (Å²) in [7, 11) is 0. The quantitative estimate of drug-likeness (QED) is 0.754. The van der Waals surface area contributed by atoms with E-state index in [4.69, 9.17) is 9.47 Å². The molecule has 2 aromatic rings. The maximum absolute atomic E-state index is 13.3. The van der Waals surface area contributed by atoms with Crippen LogP contribution in [0.25, 0.3) is 11.2 Å². The van der Waals surface area contributed by atoms with Crippen LogP contribution in [0.2, 0.25) is 0 Å². The largest absolute Gasteiger partial charge is 0.466 e. The molecule has 2 aromatic heterocycles. The van der Waals surface area contributed by atoms with Crippen LogP contribution in [0.1, 0.15) is 32.6 Å². The number of aromatic nitrogens is 4. The molecule has 3 atom stereocenters. The van der Waals surface area contributed by atoms with Gasteiger partial charge in [-0.3, -0.25) is 9.69 Å². The van der Waals surface area contributed by atoms with E-state index < -0.39 is 5.41 Å². The molecule has 3 fully saturated rings.